The lowest BCUT2D eigenvalue weighted by Gasteiger charge is -2.24. The van der Waals surface area contributed by atoms with Crippen molar-refractivity contribution in [1.29, 1.82) is 0 Å². The van der Waals surface area contributed by atoms with Crippen LogP contribution in [-0.4, -0.2) is 25.8 Å². The zero-order chi connectivity index (χ0) is 12.3. The molecule has 0 saturated heterocycles. The normalized spacial score (nSPS) is 14.4. The molecule has 0 aliphatic rings. The highest BCUT2D eigenvalue weighted by molar-refractivity contribution is 5.76. The molecule has 1 aromatic rings. The number of hydrogen-bond acceptors (Lipinski definition) is 4. The molecular weight excluding hydrogens is 214 g/mol. The van der Waals surface area contributed by atoms with E-state index in [2.05, 4.69) is 5.10 Å². The van der Waals surface area contributed by atoms with Crippen LogP contribution in [0.2, 0.25) is 0 Å². The van der Waals surface area contributed by atoms with E-state index < -0.39 is 16.4 Å². The van der Waals surface area contributed by atoms with Crippen molar-refractivity contribution in [2.24, 2.45) is 0 Å². The Kier molecular flexibility index (Phi) is 3.26. The molecule has 0 aromatic carbocycles. The smallest absolute Gasteiger partial charge is 0.331 e. The molecule has 7 nitrogen and oxygen atoms in total. The first-order chi connectivity index (χ1) is 7.41. The predicted octanol–water partition coefficient (Wildman–Crippen LogP) is 1.39. The maximum atomic E-state index is 11.2. The third kappa shape index (κ3) is 2.02. The first-order valence-electron chi connectivity index (χ1n) is 4.84. The molecule has 0 amide bonds. The van der Waals surface area contributed by atoms with E-state index in [1.807, 2.05) is 6.92 Å². The lowest BCUT2D eigenvalue weighted by molar-refractivity contribution is -0.385. The van der Waals surface area contributed by atoms with Crippen LogP contribution in [0.3, 0.4) is 0 Å². The highest BCUT2D eigenvalue weighted by atomic mass is 16.6. The minimum atomic E-state index is -1.23. The summed E-state index contributed by atoms with van der Waals surface area (Å²) >= 11 is 0. The van der Waals surface area contributed by atoms with E-state index >= 15 is 0 Å². The molecule has 0 fully saturated rings. The fourth-order valence-corrected chi connectivity index (χ4v) is 1.48. The summed E-state index contributed by atoms with van der Waals surface area (Å²) in [6, 6.07) is 0. The Labute approximate surface area is 91.8 Å². The molecule has 0 aliphatic heterocycles. The van der Waals surface area contributed by atoms with Crippen molar-refractivity contribution in [3.63, 3.8) is 0 Å². The molecule has 0 radical (unpaired) electrons. The molecule has 0 saturated carbocycles. The number of hydrogen-bond donors (Lipinski definition) is 1. The summed E-state index contributed by atoms with van der Waals surface area (Å²) in [5, 5.41) is 23.4. The van der Waals surface area contributed by atoms with Gasteiger partial charge >= 0.3 is 11.7 Å². The van der Waals surface area contributed by atoms with Gasteiger partial charge in [0.1, 0.15) is 12.4 Å². The summed E-state index contributed by atoms with van der Waals surface area (Å²) in [5.41, 5.74) is -1.44. The van der Waals surface area contributed by atoms with E-state index in [1.165, 1.54) is 6.92 Å². The van der Waals surface area contributed by atoms with Crippen molar-refractivity contribution in [3.05, 3.63) is 22.5 Å². The standard InChI is InChI=1S/C9H13N3O4/c1-3-4-9(2,8(13)14)11-6-7(5-10-11)12(15)16/h5-6H,3-4H2,1-2H3,(H,13,14). The number of carboxylic acid groups (broad SMARTS) is 1. The SMILES string of the molecule is CCCC(C)(C(=O)O)n1cc([N+](=O)[O-])cn1. The third-order valence-electron chi connectivity index (χ3n) is 2.48. The van der Waals surface area contributed by atoms with Gasteiger partial charge in [0.05, 0.1) is 4.92 Å². The Hall–Kier alpha value is -1.92. The van der Waals surface area contributed by atoms with Gasteiger partial charge in [-0.3, -0.25) is 10.1 Å². The monoisotopic (exact) mass is 227 g/mol. The number of nitro groups is 1. The predicted molar refractivity (Wildman–Crippen MR) is 55.1 cm³/mol. The van der Waals surface area contributed by atoms with Gasteiger partial charge in [0.2, 0.25) is 0 Å². The Bertz CT molecular complexity index is 415. The number of rotatable bonds is 5. The average molecular weight is 227 g/mol. The van der Waals surface area contributed by atoms with Crippen molar-refractivity contribution < 1.29 is 14.8 Å². The number of nitrogens with zero attached hydrogens (tertiary/aromatic N) is 3. The van der Waals surface area contributed by atoms with Gasteiger partial charge in [-0.2, -0.15) is 5.10 Å². The second kappa shape index (κ2) is 4.30. The Balaban J connectivity index is 3.11. The Morgan fingerprint density at radius 3 is 2.75 bits per heavy atom. The van der Waals surface area contributed by atoms with E-state index in [0.29, 0.717) is 12.8 Å². The largest absolute Gasteiger partial charge is 0.479 e. The molecule has 7 heteroatoms. The first kappa shape index (κ1) is 12.2. The molecule has 88 valence electrons. The number of carboxylic acids is 1. The van der Waals surface area contributed by atoms with Crippen LogP contribution in [-0.2, 0) is 10.3 Å². The minimum Gasteiger partial charge on any atom is -0.479 e. The fraction of sp³-hybridized carbons (Fsp3) is 0.556. The van der Waals surface area contributed by atoms with Crippen molar-refractivity contribution in [2.75, 3.05) is 0 Å². The lowest BCUT2D eigenvalue weighted by Crippen LogP contribution is -2.39. The van der Waals surface area contributed by atoms with E-state index in [0.717, 1.165) is 17.1 Å². The van der Waals surface area contributed by atoms with Gasteiger partial charge in [-0.05, 0) is 13.3 Å². The summed E-state index contributed by atoms with van der Waals surface area (Å²) in [5.74, 6) is -1.05. The molecule has 16 heavy (non-hydrogen) atoms. The number of aromatic nitrogens is 2. The summed E-state index contributed by atoms with van der Waals surface area (Å²) < 4.78 is 1.14. The van der Waals surface area contributed by atoms with Crippen molar-refractivity contribution in [2.45, 2.75) is 32.2 Å². The quantitative estimate of drug-likeness (QED) is 0.605. The number of aliphatic carboxylic acids is 1. The van der Waals surface area contributed by atoms with Gasteiger partial charge in [0, 0.05) is 0 Å². The van der Waals surface area contributed by atoms with E-state index in [9.17, 15) is 14.9 Å². The minimum absolute atomic E-state index is 0.205. The van der Waals surface area contributed by atoms with Crippen molar-refractivity contribution in [1.82, 2.24) is 9.78 Å². The van der Waals surface area contributed by atoms with Gasteiger partial charge < -0.3 is 5.11 Å². The lowest BCUT2D eigenvalue weighted by atomic mass is 9.97. The molecular formula is C9H13N3O4. The van der Waals surface area contributed by atoms with Crippen LogP contribution in [0, 0.1) is 10.1 Å². The zero-order valence-corrected chi connectivity index (χ0v) is 9.08. The van der Waals surface area contributed by atoms with Crippen LogP contribution < -0.4 is 0 Å². The van der Waals surface area contributed by atoms with Crippen molar-refractivity contribution >= 4 is 11.7 Å². The van der Waals surface area contributed by atoms with E-state index in [4.69, 9.17) is 5.11 Å². The summed E-state index contributed by atoms with van der Waals surface area (Å²) in [6.07, 6.45) is 3.21. The molecule has 0 bridgehead atoms. The molecule has 1 N–H and O–H groups in total. The molecule has 1 heterocycles. The Morgan fingerprint density at radius 2 is 2.38 bits per heavy atom. The Morgan fingerprint density at radius 1 is 1.75 bits per heavy atom. The molecule has 1 atom stereocenters. The maximum absolute atomic E-state index is 11.2. The fourth-order valence-electron chi connectivity index (χ4n) is 1.48. The summed E-state index contributed by atoms with van der Waals surface area (Å²) in [7, 11) is 0. The topological polar surface area (TPSA) is 98.3 Å². The van der Waals surface area contributed by atoms with Crippen molar-refractivity contribution in [3.8, 4) is 0 Å². The molecule has 0 aliphatic carbocycles. The zero-order valence-electron chi connectivity index (χ0n) is 9.08. The second-order valence-electron chi connectivity index (χ2n) is 3.73. The van der Waals surface area contributed by atoms with Gasteiger partial charge in [-0.15, -0.1) is 0 Å². The molecule has 1 rings (SSSR count). The van der Waals surface area contributed by atoms with Crippen LogP contribution in [0.25, 0.3) is 0 Å². The van der Waals surface area contributed by atoms with Crippen LogP contribution in [0.15, 0.2) is 12.4 Å². The van der Waals surface area contributed by atoms with E-state index in [-0.39, 0.29) is 5.69 Å². The summed E-state index contributed by atoms with van der Waals surface area (Å²) in [4.78, 5) is 21.0. The third-order valence-corrected chi connectivity index (χ3v) is 2.48. The maximum Gasteiger partial charge on any atom is 0.331 e. The van der Waals surface area contributed by atoms with Gasteiger partial charge in [0.15, 0.2) is 5.54 Å². The number of carbonyl (C=O) groups is 1. The molecule has 0 spiro atoms. The first-order valence-corrected chi connectivity index (χ1v) is 4.84. The summed E-state index contributed by atoms with van der Waals surface area (Å²) in [6.45, 7) is 3.34. The van der Waals surface area contributed by atoms with Gasteiger partial charge in [0.25, 0.3) is 0 Å². The van der Waals surface area contributed by atoms with Crippen LogP contribution >= 0.6 is 0 Å². The highest BCUT2D eigenvalue weighted by Gasteiger charge is 2.36. The highest BCUT2D eigenvalue weighted by Crippen LogP contribution is 2.24. The molecule has 1 unspecified atom stereocenters. The van der Waals surface area contributed by atoms with Gasteiger partial charge in [-0.1, -0.05) is 13.3 Å². The second-order valence-corrected chi connectivity index (χ2v) is 3.73. The van der Waals surface area contributed by atoms with Crippen LogP contribution in [0.4, 0.5) is 5.69 Å². The van der Waals surface area contributed by atoms with Gasteiger partial charge in [-0.25, -0.2) is 9.48 Å². The van der Waals surface area contributed by atoms with Crippen LogP contribution in [0.5, 0.6) is 0 Å². The van der Waals surface area contributed by atoms with Crippen LogP contribution in [0.1, 0.15) is 26.7 Å². The van der Waals surface area contributed by atoms with E-state index in [1.54, 1.807) is 0 Å². The molecule has 1 aromatic heterocycles. The average Bonchev–Trinajstić information content (AvgIpc) is 2.66.